The molecule has 12 heavy (non-hydrogen) atoms. The van der Waals surface area contributed by atoms with E-state index in [1.54, 1.807) is 0 Å². The van der Waals surface area contributed by atoms with Gasteiger partial charge in [-0.1, -0.05) is 0 Å². The smallest absolute Gasteiger partial charge is 0.166 e. The van der Waals surface area contributed by atoms with E-state index < -0.39 is 0 Å². The maximum atomic E-state index is 8.50. The Balaban J connectivity index is 3.03. The molecular formula is C8H18N2OS. The van der Waals surface area contributed by atoms with E-state index in [0.717, 1.165) is 37.5 Å². The fourth-order valence-electron chi connectivity index (χ4n) is 0.839. The average molecular weight is 190 g/mol. The zero-order chi connectivity index (χ0) is 9.23. The van der Waals surface area contributed by atoms with Crippen molar-refractivity contribution in [1.29, 1.82) is 0 Å². The minimum atomic E-state index is 0.289. The summed E-state index contributed by atoms with van der Waals surface area (Å²) in [5, 5.41) is 15.3. The molecule has 0 aliphatic heterocycles. The first-order valence-electron chi connectivity index (χ1n) is 4.43. The number of rotatable bonds is 6. The summed E-state index contributed by atoms with van der Waals surface area (Å²) >= 11 is 4.96. The summed E-state index contributed by atoms with van der Waals surface area (Å²) in [4.78, 5) is 0. The molecule has 0 aliphatic rings. The number of hydrogen-bond acceptors (Lipinski definition) is 2. The normalized spacial score (nSPS) is 9.50. The van der Waals surface area contributed by atoms with Gasteiger partial charge in [0.05, 0.1) is 0 Å². The topological polar surface area (TPSA) is 44.3 Å². The van der Waals surface area contributed by atoms with E-state index in [-0.39, 0.29) is 6.61 Å². The summed E-state index contributed by atoms with van der Waals surface area (Å²) < 4.78 is 0. The number of nitrogens with one attached hydrogen (secondary N) is 2. The second-order valence-electron chi connectivity index (χ2n) is 2.57. The molecule has 0 atom stereocenters. The van der Waals surface area contributed by atoms with Gasteiger partial charge in [-0.05, 0) is 38.4 Å². The zero-order valence-corrected chi connectivity index (χ0v) is 8.41. The van der Waals surface area contributed by atoms with E-state index in [2.05, 4.69) is 10.6 Å². The second-order valence-corrected chi connectivity index (χ2v) is 2.98. The molecule has 0 heterocycles. The lowest BCUT2D eigenvalue weighted by atomic mass is 10.2. The van der Waals surface area contributed by atoms with Gasteiger partial charge in [0.25, 0.3) is 0 Å². The lowest BCUT2D eigenvalue weighted by Gasteiger charge is -2.07. The van der Waals surface area contributed by atoms with Gasteiger partial charge in [0.2, 0.25) is 0 Å². The van der Waals surface area contributed by atoms with Crippen molar-refractivity contribution in [2.45, 2.75) is 26.2 Å². The standard InChI is InChI=1S/C8H18N2OS/c1-2-9-8(12)10-6-4-3-5-7-11/h11H,2-7H2,1H3,(H2,9,10,12). The molecule has 0 rings (SSSR count). The highest BCUT2D eigenvalue weighted by atomic mass is 32.1. The minimum absolute atomic E-state index is 0.289. The Morgan fingerprint density at radius 3 is 2.58 bits per heavy atom. The van der Waals surface area contributed by atoms with Gasteiger partial charge in [0.15, 0.2) is 5.11 Å². The maximum Gasteiger partial charge on any atom is 0.166 e. The Bertz CT molecular complexity index is 120. The minimum Gasteiger partial charge on any atom is -0.396 e. The summed E-state index contributed by atoms with van der Waals surface area (Å²) in [5.41, 5.74) is 0. The monoisotopic (exact) mass is 190 g/mol. The fraction of sp³-hybridized carbons (Fsp3) is 0.875. The zero-order valence-electron chi connectivity index (χ0n) is 7.60. The number of hydrogen-bond donors (Lipinski definition) is 3. The van der Waals surface area contributed by atoms with E-state index in [1.165, 1.54) is 0 Å². The van der Waals surface area contributed by atoms with E-state index in [1.807, 2.05) is 6.92 Å². The largest absolute Gasteiger partial charge is 0.396 e. The molecule has 0 saturated carbocycles. The summed E-state index contributed by atoms with van der Waals surface area (Å²) in [7, 11) is 0. The number of aliphatic hydroxyl groups excluding tert-OH is 1. The van der Waals surface area contributed by atoms with Crippen LogP contribution in [0.2, 0.25) is 0 Å². The van der Waals surface area contributed by atoms with Crippen LogP contribution in [0.1, 0.15) is 26.2 Å². The van der Waals surface area contributed by atoms with Gasteiger partial charge < -0.3 is 15.7 Å². The van der Waals surface area contributed by atoms with Crippen molar-refractivity contribution >= 4 is 17.3 Å². The van der Waals surface area contributed by atoms with E-state index in [4.69, 9.17) is 17.3 Å². The molecule has 0 aromatic heterocycles. The van der Waals surface area contributed by atoms with Crippen molar-refractivity contribution in [1.82, 2.24) is 10.6 Å². The predicted molar refractivity (Wildman–Crippen MR) is 55.2 cm³/mol. The Morgan fingerprint density at radius 1 is 1.25 bits per heavy atom. The lowest BCUT2D eigenvalue weighted by Crippen LogP contribution is -2.35. The van der Waals surface area contributed by atoms with Gasteiger partial charge in [-0.15, -0.1) is 0 Å². The van der Waals surface area contributed by atoms with Crippen LogP contribution in [0.15, 0.2) is 0 Å². The first kappa shape index (κ1) is 11.6. The summed E-state index contributed by atoms with van der Waals surface area (Å²) in [6.07, 6.45) is 3.00. The molecule has 3 nitrogen and oxygen atoms in total. The quantitative estimate of drug-likeness (QED) is 0.425. The molecule has 0 fully saturated rings. The Morgan fingerprint density at radius 2 is 2.00 bits per heavy atom. The molecule has 72 valence electrons. The van der Waals surface area contributed by atoms with Crippen LogP contribution >= 0.6 is 12.2 Å². The molecule has 0 saturated heterocycles. The molecular weight excluding hydrogens is 172 g/mol. The molecule has 3 N–H and O–H groups in total. The van der Waals surface area contributed by atoms with Crippen molar-refractivity contribution in [3.63, 3.8) is 0 Å². The van der Waals surface area contributed by atoms with Crippen molar-refractivity contribution in [2.75, 3.05) is 19.7 Å². The highest BCUT2D eigenvalue weighted by Gasteiger charge is 1.91. The van der Waals surface area contributed by atoms with Crippen LogP contribution in [-0.2, 0) is 0 Å². The first-order valence-corrected chi connectivity index (χ1v) is 4.84. The van der Waals surface area contributed by atoms with Gasteiger partial charge in [0, 0.05) is 19.7 Å². The van der Waals surface area contributed by atoms with Gasteiger partial charge in [-0.2, -0.15) is 0 Å². The lowest BCUT2D eigenvalue weighted by molar-refractivity contribution is 0.283. The molecule has 0 aliphatic carbocycles. The Hall–Kier alpha value is -0.350. The van der Waals surface area contributed by atoms with E-state index in [0.29, 0.717) is 0 Å². The van der Waals surface area contributed by atoms with E-state index >= 15 is 0 Å². The van der Waals surface area contributed by atoms with Crippen LogP contribution in [-0.4, -0.2) is 29.9 Å². The van der Waals surface area contributed by atoms with Crippen LogP contribution in [0.4, 0.5) is 0 Å². The molecule has 0 aromatic carbocycles. The highest BCUT2D eigenvalue weighted by molar-refractivity contribution is 7.80. The summed E-state index contributed by atoms with van der Waals surface area (Å²) in [5.74, 6) is 0. The van der Waals surface area contributed by atoms with Crippen molar-refractivity contribution in [2.24, 2.45) is 0 Å². The molecule has 0 spiro atoms. The van der Waals surface area contributed by atoms with Crippen molar-refractivity contribution in [3.05, 3.63) is 0 Å². The van der Waals surface area contributed by atoms with Crippen molar-refractivity contribution in [3.8, 4) is 0 Å². The van der Waals surface area contributed by atoms with E-state index in [9.17, 15) is 0 Å². The SMILES string of the molecule is CCNC(=S)NCCCCCO. The Kier molecular flexibility index (Phi) is 8.49. The first-order chi connectivity index (χ1) is 5.81. The molecule has 0 bridgehead atoms. The highest BCUT2D eigenvalue weighted by Crippen LogP contribution is 1.91. The average Bonchev–Trinajstić information content (AvgIpc) is 2.05. The third-order valence-corrected chi connectivity index (χ3v) is 1.75. The fourth-order valence-corrected chi connectivity index (χ4v) is 1.08. The van der Waals surface area contributed by atoms with Gasteiger partial charge in [-0.3, -0.25) is 0 Å². The molecule has 0 unspecified atom stereocenters. The Labute approximate surface area is 79.5 Å². The van der Waals surface area contributed by atoms with Crippen LogP contribution < -0.4 is 10.6 Å². The molecule has 0 aromatic rings. The summed E-state index contributed by atoms with van der Waals surface area (Å²) in [6, 6.07) is 0. The third kappa shape index (κ3) is 7.75. The number of thiocarbonyl (C=S) groups is 1. The number of unbranched alkanes of at least 4 members (excludes halogenated alkanes) is 2. The van der Waals surface area contributed by atoms with Gasteiger partial charge in [-0.25, -0.2) is 0 Å². The van der Waals surface area contributed by atoms with Gasteiger partial charge in [0.1, 0.15) is 0 Å². The summed E-state index contributed by atoms with van der Waals surface area (Å²) in [6.45, 7) is 4.06. The molecule has 0 radical (unpaired) electrons. The second kappa shape index (κ2) is 8.74. The van der Waals surface area contributed by atoms with Crippen LogP contribution in [0.3, 0.4) is 0 Å². The van der Waals surface area contributed by atoms with Crippen LogP contribution in [0.5, 0.6) is 0 Å². The van der Waals surface area contributed by atoms with Crippen LogP contribution in [0.25, 0.3) is 0 Å². The van der Waals surface area contributed by atoms with Crippen LogP contribution in [0, 0.1) is 0 Å². The molecule has 4 heteroatoms. The number of aliphatic hydroxyl groups is 1. The third-order valence-electron chi connectivity index (χ3n) is 1.46. The van der Waals surface area contributed by atoms with Gasteiger partial charge >= 0.3 is 0 Å². The molecule has 0 amide bonds. The maximum absolute atomic E-state index is 8.50. The van der Waals surface area contributed by atoms with Crippen molar-refractivity contribution < 1.29 is 5.11 Å². The predicted octanol–water partition coefficient (Wildman–Crippen LogP) is 0.633.